The van der Waals surface area contributed by atoms with Gasteiger partial charge in [-0.3, -0.25) is 0 Å². The zero-order chi connectivity index (χ0) is 58.4. The Bertz CT molecular complexity index is 4490. The molecule has 3 aliphatic carbocycles. The molecule has 4 nitrogen and oxygen atoms in total. The topological polar surface area (TPSA) is 22.9 Å². The average molecular weight is 1130 g/mol. The molecule has 0 atom stereocenters. The first-order valence-corrected chi connectivity index (χ1v) is 32.1. The van der Waals surface area contributed by atoms with Crippen molar-refractivity contribution in [3.05, 3.63) is 215 Å². The number of benzene rings is 9. The summed E-state index contributed by atoms with van der Waals surface area (Å²) in [6.45, 7) is 27.7. The van der Waals surface area contributed by atoms with E-state index in [-0.39, 0.29) is 33.8 Å². The summed E-state index contributed by atoms with van der Waals surface area (Å²) >= 11 is 1.90. The first kappa shape index (κ1) is 52.7. The summed E-state index contributed by atoms with van der Waals surface area (Å²) in [5, 5.41) is 3.69. The summed E-state index contributed by atoms with van der Waals surface area (Å²) in [7, 11) is 0. The molecule has 0 radical (unpaired) electrons. The van der Waals surface area contributed by atoms with Gasteiger partial charge in [-0.25, -0.2) is 0 Å². The molecule has 5 aliphatic rings. The highest BCUT2D eigenvalue weighted by molar-refractivity contribution is 7.26. The van der Waals surface area contributed by atoms with Gasteiger partial charge in [0.1, 0.15) is 5.58 Å². The molecule has 11 aromatic rings. The smallest absolute Gasteiger partial charge is 0.297 e. The van der Waals surface area contributed by atoms with E-state index in [1.54, 1.807) is 5.56 Å². The van der Waals surface area contributed by atoms with Crippen molar-refractivity contribution in [2.75, 3.05) is 14.7 Å². The number of nitrogens with zero attached hydrogens (tertiary/aromatic N) is 3. The highest BCUT2D eigenvalue weighted by Gasteiger charge is 2.60. The Labute approximate surface area is 507 Å². The minimum Gasteiger partial charge on any atom is -0.468 e. The number of hydrogen-bond acceptors (Lipinski definition) is 5. The van der Waals surface area contributed by atoms with Gasteiger partial charge in [0.15, 0.2) is 0 Å². The number of furan rings is 1. The molecule has 0 unspecified atom stereocenters. The lowest BCUT2D eigenvalue weighted by Gasteiger charge is -2.44. The Morgan fingerprint density at radius 3 is 1.66 bits per heavy atom. The third-order valence-corrected chi connectivity index (χ3v) is 21.8. The molecule has 4 heterocycles. The highest BCUT2D eigenvalue weighted by atomic mass is 32.1. The summed E-state index contributed by atoms with van der Waals surface area (Å²) in [4.78, 5) is 7.91. The van der Waals surface area contributed by atoms with Gasteiger partial charge in [-0.15, -0.1) is 11.3 Å². The molecular weight excluding hydrogens is 1050 g/mol. The average Bonchev–Trinajstić information content (AvgIpc) is 1.63. The fraction of sp³-hybridized carbons (Fsp3) is 0.291. The molecule has 0 N–H and O–H groups in total. The Hall–Kier alpha value is -7.80. The van der Waals surface area contributed by atoms with Gasteiger partial charge in [0.25, 0.3) is 6.71 Å². The number of hydrogen-bond donors (Lipinski definition) is 0. The molecule has 2 aromatic heterocycles. The largest absolute Gasteiger partial charge is 0.468 e. The minimum atomic E-state index is -0.238. The first-order chi connectivity index (χ1) is 40.7. The van der Waals surface area contributed by atoms with Crippen LogP contribution >= 0.6 is 11.3 Å². The summed E-state index contributed by atoms with van der Waals surface area (Å²) in [5.74, 6) is 1.27. The highest BCUT2D eigenvalue weighted by Crippen LogP contribution is 2.69. The van der Waals surface area contributed by atoms with E-state index in [2.05, 4.69) is 280 Å². The quantitative estimate of drug-likeness (QED) is 0.160. The van der Waals surface area contributed by atoms with Crippen LogP contribution in [0.15, 0.2) is 186 Å². The number of rotatable bonds is 5. The van der Waals surface area contributed by atoms with Crippen LogP contribution in [0.5, 0.6) is 0 Å². The predicted molar refractivity (Wildman–Crippen MR) is 364 cm³/mol. The van der Waals surface area contributed by atoms with Gasteiger partial charge in [0, 0.05) is 60.3 Å². The van der Waals surface area contributed by atoms with E-state index in [9.17, 15) is 0 Å². The van der Waals surface area contributed by atoms with Crippen molar-refractivity contribution in [3.63, 3.8) is 0 Å². The van der Waals surface area contributed by atoms with Crippen LogP contribution in [0.3, 0.4) is 0 Å². The fourth-order valence-electron chi connectivity index (χ4n) is 16.4. The molecule has 16 rings (SSSR count). The van der Waals surface area contributed by atoms with Crippen LogP contribution in [0.25, 0.3) is 42.3 Å². The van der Waals surface area contributed by atoms with E-state index in [4.69, 9.17) is 4.42 Å². The second-order valence-corrected chi connectivity index (χ2v) is 30.7. The second kappa shape index (κ2) is 18.1. The van der Waals surface area contributed by atoms with Crippen LogP contribution in [0.2, 0.25) is 0 Å². The van der Waals surface area contributed by atoms with E-state index in [0.717, 1.165) is 50.8 Å². The van der Waals surface area contributed by atoms with Crippen molar-refractivity contribution >= 4 is 117 Å². The van der Waals surface area contributed by atoms with Crippen molar-refractivity contribution in [2.45, 2.75) is 136 Å². The molecule has 2 aliphatic heterocycles. The van der Waals surface area contributed by atoms with Crippen LogP contribution in [0, 0.1) is 11.8 Å². The number of fused-ring (bicyclic) bond motifs is 12. The third kappa shape index (κ3) is 7.65. The Kier molecular flexibility index (Phi) is 11.2. The van der Waals surface area contributed by atoms with Gasteiger partial charge in [0.2, 0.25) is 0 Å². The summed E-state index contributed by atoms with van der Waals surface area (Å²) in [6.07, 6.45) is 5.19. The monoisotopic (exact) mass is 1130 g/mol. The molecule has 9 aromatic carbocycles. The normalized spacial score (nSPS) is 18.6. The van der Waals surface area contributed by atoms with Gasteiger partial charge in [-0.2, -0.15) is 0 Å². The molecule has 2 bridgehead atoms. The molecule has 0 amide bonds. The molecule has 0 saturated heterocycles. The van der Waals surface area contributed by atoms with Crippen molar-refractivity contribution in [3.8, 4) is 11.1 Å². The van der Waals surface area contributed by atoms with Gasteiger partial charge >= 0.3 is 0 Å². The van der Waals surface area contributed by atoms with E-state index in [1.807, 2.05) is 11.3 Å². The van der Waals surface area contributed by atoms with Crippen LogP contribution in [-0.2, 0) is 27.1 Å². The SMILES string of the molecule is CC(C)(C)c1ccc(N(c2ccc(C(C)(C)C)cc2)c2cc3c4c(c2)N(c2cccc5c2sc2ccccc25)c2c(oc5ccc(C(C)(C)C)cc25)B4c2cc(C(C)(C)C)ccc2N3c2cccc3c2-c2ccccc2C32C3CCC2CC3)cc1. The molecular formula is C79H76BN3OS. The zero-order valence-electron chi connectivity index (χ0n) is 51.5. The Morgan fingerprint density at radius 2 is 1.00 bits per heavy atom. The van der Waals surface area contributed by atoms with Crippen LogP contribution in [-0.4, -0.2) is 6.71 Å². The van der Waals surface area contributed by atoms with Crippen LogP contribution < -0.4 is 31.3 Å². The van der Waals surface area contributed by atoms with Crippen molar-refractivity contribution in [1.29, 1.82) is 0 Å². The van der Waals surface area contributed by atoms with Gasteiger partial charge in [-0.05, 0) is 182 Å². The Balaban J connectivity index is 1.07. The van der Waals surface area contributed by atoms with Gasteiger partial charge < -0.3 is 19.1 Å². The van der Waals surface area contributed by atoms with E-state index < -0.39 is 0 Å². The van der Waals surface area contributed by atoms with Crippen molar-refractivity contribution in [2.24, 2.45) is 11.8 Å². The van der Waals surface area contributed by atoms with Crippen molar-refractivity contribution in [1.82, 2.24) is 0 Å². The van der Waals surface area contributed by atoms with Crippen LogP contribution in [0.4, 0.5) is 51.2 Å². The molecule has 85 heavy (non-hydrogen) atoms. The van der Waals surface area contributed by atoms with Crippen molar-refractivity contribution < 1.29 is 4.42 Å². The standard InChI is InChI=1S/C79H76BN3OS/c1-75(2,3)47-31-37-53(38-32-47)81(54-39-33-48(34-40-54)76(4,5)6)55-45-66-71-67(46-55)83(65-25-17-21-57-56-19-14-16-26-69(56)85-73(57)65)72-59-43-51(77(7,8)9)36-42-68(59)84-74(72)80(71)62-44-52(78(10,11)12)35-41-63(62)82(66)64-24-18-23-61-70(64)58-20-13-15-22-60(58)79(61)49-27-28-50(79)30-29-49/h13-26,31-46,49-50H,27-30H2,1-12H3. The van der Waals surface area contributed by atoms with Gasteiger partial charge in [0.05, 0.1) is 33.1 Å². The number of thiophene rings is 1. The lowest BCUT2D eigenvalue weighted by Crippen LogP contribution is -2.61. The molecule has 422 valence electrons. The third-order valence-electron chi connectivity index (χ3n) is 20.6. The molecule has 2 fully saturated rings. The lowest BCUT2D eigenvalue weighted by atomic mass is 9.35. The Morgan fingerprint density at radius 1 is 0.459 bits per heavy atom. The summed E-state index contributed by atoms with van der Waals surface area (Å²) in [5.41, 5.74) is 25.7. The summed E-state index contributed by atoms with van der Waals surface area (Å²) in [6, 6.07) is 71.3. The van der Waals surface area contributed by atoms with E-state index in [1.165, 1.54) is 113 Å². The first-order valence-electron chi connectivity index (χ1n) is 31.3. The second-order valence-electron chi connectivity index (χ2n) is 29.6. The number of anilines is 9. The molecule has 6 heteroatoms. The summed E-state index contributed by atoms with van der Waals surface area (Å²) < 4.78 is 10.2. The van der Waals surface area contributed by atoms with E-state index >= 15 is 0 Å². The molecule has 2 saturated carbocycles. The van der Waals surface area contributed by atoms with Crippen LogP contribution in [0.1, 0.15) is 142 Å². The zero-order valence-corrected chi connectivity index (χ0v) is 52.4. The maximum Gasteiger partial charge on any atom is 0.297 e. The lowest BCUT2D eigenvalue weighted by molar-refractivity contribution is 0.400. The predicted octanol–water partition coefficient (Wildman–Crippen LogP) is 20.6. The minimum absolute atomic E-state index is 0.0132. The fourth-order valence-corrected chi connectivity index (χ4v) is 17.6. The van der Waals surface area contributed by atoms with E-state index in [0.29, 0.717) is 11.8 Å². The maximum absolute atomic E-state index is 7.69. The molecule has 1 spiro atoms. The van der Waals surface area contributed by atoms with Gasteiger partial charge in [-0.1, -0.05) is 192 Å². The maximum atomic E-state index is 7.69.